The maximum absolute atomic E-state index is 12.5. The maximum atomic E-state index is 12.5. The molecule has 1 aliphatic heterocycles. The normalized spacial score (nSPS) is 35.4. The van der Waals surface area contributed by atoms with E-state index in [9.17, 15) is 4.79 Å². The minimum Gasteiger partial charge on any atom is -0.342 e. The van der Waals surface area contributed by atoms with Crippen LogP contribution in [0.3, 0.4) is 0 Å². The molecule has 0 aromatic heterocycles. The topological polar surface area (TPSA) is 46.3 Å². The second-order valence-electron chi connectivity index (χ2n) is 8.56. The third kappa shape index (κ3) is 4.85. The van der Waals surface area contributed by atoms with Crippen LogP contribution in [0.5, 0.6) is 0 Å². The lowest BCUT2D eigenvalue weighted by Gasteiger charge is -2.39. The molecule has 1 saturated heterocycles. The highest BCUT2D eigenvalue weighted by Crippen LogP contribution is 2.43. The molecule has 124 valence electrons. The molecule has 3 nitrogen and oxygen atoms in total. The van der Waals surface area contributed by atoms with Crippen LogP contribution in [0.2, 0.25) is 0 Å². The summed E-state index contributed by atoms with van der Waals surface area (Å²) in [5.41, 5.74) is 6.38. The van der Waals surface area contributed by atoms with Crippen molar-refractivity contribution in [1.29, 1.82) is 0 Å². The monoisotopic (exact) mass is 316 g/mol. The summed E-state index contributed by atoms with van der Waals surface area (Å²) in [6.45, 7) is 11.7. The van der Waals surface area contributed by atoms with Gasteiger partial charge in [0.1, 0.15) is 0 Å². The van der Waals surface area contributed by atoms with Gasteiger partial charge in [-0.15, -0.1) is 12.4 Å². The van der Waals surface area contributed by atoms with E-state index in [-0.39, 0.29) is 17.8 Å². The summed E-state index contributed by atoms with van der Waals surface area (Å²) in [5, 5.41) is 0. The lowest BCUT2D eigenvalue weighted by Crippen LogP contribution is -2.36. The van der Waals surface area contributed by atoms with Gasteiger partial charge in [0.15, 0.2) is 0 Å². The van der Waals surface area contributed by atoms with Gasteiger partial charge in [-0.1, -0.05) is 27.7 Å². The van der Waals surface area contributed by atoms with Crippen molar-refractivity contribution in [2.45, 2.75) is 59.8 Å². The Morgan fingerprint density at radius 3 is 2.48 bits per heavy atom. The Hall–Kier alpha value is -0.280. The van der Waals surface area contributed by atoms with Gasteiger partial charge in [0.2, 0.25) is 5.91 Å². The van der Waals surface area contributed by atoms with Crippen LogP contribution in [0.4, 0.5) is 0 Å². The first-order valence-electron chi connectivity index (χ1n) is 8.21. The number of nitrogens with two attached hydrogens (primary N) is 1. The number of nitrogens with zero attached hydrogens (tertiary/aromatic N) is 1. The highest BCUT2D eigenvalue weighted by Gasteiger charge is 2.37. The molecule has 0 bridgehead atoms. The Labute approximate surface area is 136 Å². The molecule has 2 rings (SSSR count). The van der Waals surface area contributed by atoms with E-state index in [1.165, 1.54) is 19.3 Å². The van der Waals surface area contributed by atoms with E-state index in [1.807, 2.05) is 0 Å². The average Bonchev–Trinajstić information content (AvgIpc) is 2.70. The number of rotatable bonds is 3. The summed E-state index contributed by atoms with van der Waals surface area (Å²) in [7, 11) is 0. The number of hydrogen-bond acceptors (Lipinski definition) is 2. The zero-order valence-corrected chi connectivity index (χ0v) is 15.0. The van der Waals surface area contributed by atoms with Crippen LogP contribution in [-0.4, -0.2) is 30.4 Å². The predicted octanol–water partition coefficient (Wildman–Crippen LogP) is 3.46. The van der Waals surface area contributed by atoms with Crippen LogP contribution < -0.4 is 5.73 Å². The second-order valence-corrected chi connectivity index (χ2v) is 8.56. The fraction of sp³-hybridized carbons (Fsp3) is 0.941. The number of hydrogen-bond donors (Lipinski definition) is 1. The molecule has 4 heteroatoms. The standard InChI is InChI=1S/C17H32N2O.ClH/c1-13-7-14(10-16(2,3)9-13)8-15(20)19-6-5-17(4,11-18)12-19;/h13-14H,5-12,18H2,1-4H3;1H. The predicted molar refractivity (Wildman–Crippen MR) is 90.5 cm³/mol. The van der Waals surface area contributed by atoms with Crippen LogP contribution in [0.25, 0.3) is 0 Å². The Morgan fingerprint density at radius 2 is 1.95 bits per heavy atom. The van der Waals surface area contributed by atoms with Crippen molar-refractivity contribution in [3.8, 4) is 0 Å². The second kappa shape index (κ2) is 6.87. The van der Waals surface area contributed by atoms with Crippen LogP contribution >= 0.6 is 12.4 Å². The zero-order valence-electron chi connectivity index (χ0n) is 14.2. The van der Waals surface area contributed by atoms with E-state index in [2.05, 4.69) is 32.6 Å². The largest absolute Gasteiger partial charge is 0.342 e. The zero-order chi connectivity index (χ0) is 15.0. The molecule has 0 radical (unpaired) electrons. The minimum absolute atomic E-state index is 0. The molecule has 0 spiro atoms. The first-order valence-corrected chi connectivity index (χ1v) is 8.21. The molecule has 1 saturated carbocycles. The van der Waals surface area contributed by atoms with E-state index in [0.717, 1.165) is 31.8 Å². The molecule has 3 atom stereocenters. The quantitative estimate of drug-likeness (QED) is 0.866. The molecule has 2 fully saturated rings. The maximum Gasteiger partial charge on any atom is 0.222 e. The smallest absolute Gasteiger partial charge is 0.222 e. The van der Waals surface area contributed by atoms with Crippen molar-refractivity contribution >= 4 is 18.3 Å². The summed E-state index contributed by atoms with van der Waals surface area (Å²) in [6.07, 6.45) is 5.52. The van der Waals surface area contributed by atoms with Gasteiger partial charge >= 0.3 is 0 Å². The molecule has 21 heavy (non-hydrogen) atoms. The Kier molecular flexibility index (Phi) is 6.14. The van der Waals surface area contributed by atoms with E-state index < -0.39 is 0 Å². The van der Waals surface area contributed by atoms with Crippen molar-refractivity contribution in [1.82, 2.24) is 4.90 Å². The number of carbonyl (C=O) groups is 1. The molecule has 2 aliphatic rings. The fourth-order valence-corrected chi connectivity index (χ4v) is 4.48. The highest BCUT2D eigenvalue weighted by molar-refractivity contribution is 5.85. The molecule has 1 heterocycles. The summed E-state index contributed by atoms with van der Waals surface area (Å²) >= 11 is 0. The van der Waals surface area contributed by atoms with Gasteiger partial charge in [-0.2, -0.15) is 0 Å². The van der Waals surface area contributed by atoms with Crippen LogP contribution in [0.1, 0.15) is 59.8 Å². The van der Waals surface area contributed by atoms with E-state index in [0.29, 0.717) is 23.8 Å². The molecule has 2 N–H and O–H groups in total. The lowest BCUT2D eigenvalue weighted by molar-refractivity contribution is -0.132. The van der Waals surface area contributed by atoms with Gasteiger partial charge in [0.05, 0.1) is 0 Å². The minimum atomic E-state index is 0. The van der Waals surface area contributed by atoms with E-state index in [1.54, 1.807) is 0 Å². The Morgan fingerprint density at radius 1 is 1.29 bits per heavy atom. The van der Waals surface area contributed by atoms with Gasteiger partial charge in [-0.3, -0.25) is 4.79 Å². The SMILES string of the molecule is CC1CC(CC(=O)N2CCC(C)(CN)C2)CC(C)(C)C1.Cl. The van der Waals surface area contributed by atoms with Gasteiger partial charge in [-0.25, -0.2) is 0 Å². The van der Waals surface area contributed by atoms with Gasteiger partial charge in [0.25, 0.3) is 0 Å². The molecule has 1 aliphatic carbocycles. The average molecular weight is 317 g/mol. The van der Waals surface area contributed by atoms with Crippen LogP contribution in [0.15, 0.2) is 0 Å². The van der Waals surface area contributed by atoms with Crippen molar-refractivity contribution < 1.29 is 4.79 Å². The van der Waals surface area contributed by atoms with Gasteiger partial charge in [0, 0.05) is 19.5 Å². The first kappa shape index (κ1) is 18.8. The van der Waals surface area contributed by atoms with Gasteiger partial charge in [-0.05, 0) is 54.9 Å². The van der Waals surface area contributed by atoms with Gasteiger partial charge < -0.3 is 10.6 Å². The summed E-state index contributed by atoms with van der Waals surface area (Å²) < 4.78 is 0. The number of halogens is 1. The number of amides is 1. The number of likely N-dealkylation sites (tertiary alicyclic amines) is 1. The van der Waals surface area contributed by atoms with Crippen molar-refractivity contribution in [3.05, 3.63) is 0 Å². The molecule has 1 amide bonds. The number of carbonyl (C=O) groups excluding carboxylic acids is 1. The van der Waals surface area contributed by atoms with Crippen molar-refractivity contribution in [3.63, 3.8) is 0 Å². The van der Waals surface area contributed by atoms with Crippen LogP contribution in [-0.2, 0) is 4.79 Å². The molecule has 0 aromatic carbocycles. The summed E-state index contributed by atoms with van der Waals surface area (Å²) in [6, 6.07) is 0. The molecule has 0 aromatic rings. The van der Waals surface area contributed by atoms with E-state index >= 15 is 0 Å². The molecular weight excluding hydrogens is 284 g/mol. The van der Waals surface area contributed by atoms with Crippen LogP contribution in [0, 0.1) is 22.7 Å². The lowest BCUT2D eigenvalue weighted by atomic mass is 9.67. The van der Waals surface area contributed by atoms with Crippen molar-refractivity contribution in [2.75, 3.05) is 19.6 Å². The molecular formula is C17H33ClN2O. The summed E-state index contributed by atoms with van der Waals surface area (Å²) in [4.78, 5) is 14.6. The van der Waals surface area contributed by atoms with E-state index in [4.69, 9.17) is 5.73 Å². The fourth-order valence-electron chi connectivity index (χ4n) is 4.48. The molecule has 3 unspecified atom stereocenters. The van der Waals surface area contributed by atoms with Crippen molar-refractivity contribution in [2.24, 2.45) is 28.4 Å². The Balaban J connectivity index is 0.00000220. The first-order chi connectivity index (χ1) is 9.23. The Bertz CT molecular complexity index is 372. The highest BCUT2D eigenvalue weighted by atomic mass is 35.5. The summed E-state index contributed by atoms with van der Waals surface area (Å²) in [5.74, 6) is 1.69. The third-order valence-electron chi connectivity index (χ3n) is 5.34. The third-order valence-corrected chi connectivity index (χ3v) is 5.34.